The van der Waals surface area contributed by atoms with Crippen molar-refractivity contribution in [3.63, 3.8) is 0 Å². The molecule has 0 saturated heterocycles. The van der Waals surface area contributed by atoms with E-state index < -0.39 is 5.82 Å². The fraction of sp³-hybridized carbons (Fsp3) is 0.143. The quantitative estimate of drug-likeness (QED) is 0.864. The second-order valence-corrected chi connectivity index (χ2v) is 3.93. The normalized spacial score (nSPS) is 10.3. The van der Waals surface area contributed by atoms with Crippen molar-refractivity contribution in [1.29, 1.82) is 0 Å². The molecule has 0 aromatic heterocycles. The molecule has 0 aliphatic heterocycles. The van der Waals surface area contributed by atoms with Crippen molar-refractivity contribution in [3.8, 4) is 11.5 Å². The van der Waals surface area contributed by atoms with Crippen molar-refractivity contribution < 1.29 is 18.3 Å². The van der Waals surface area contributed by atoms with Crippen LogP contribution in [0.1, 0.15) is 5.56 Å². The highest BCUT2D eigenvalue weighted by Gasteiger charge is 2.06. The second-order valence-electron chi connectivity index (χ2n) is 3.93. The largest absolute Gasteiger partial charge is 0.496 e. The predicted molar refractivity (Wildman–Crippen MR) is 68.1 cm³/mol. The maximum Gasteiger partial charge on any atom is 0.146 e. The Hall–Kier alpha value is -2.30. The minimum atomic E-state index is -0.504. The maximum absolute atomic E-state index is 13.1. The second kappa shape index (κ2) is 5.56. The third kappa shape index (κ3) is 3.13. The molecule has 0 saturated carbocycles. The Morgan fingerprint density at radius 1 is 1.11 bits per heavy atom. The molecule has 2 aromatic carbocycles. The summed E-state index contributed by atoms with van der Waals surface area (Å²) in [6.45, 7) is 0.103. The molecule has 2 rings (SSSR count). The van der Waals surface area contributed by atoms with Crippen LogP contribution in [0.3, 0.4) is 0 Å². The van der Waals surface area contributed by atoms with Gasteiger partial charge in [-0.15, -0.1) is 0 Å². The van der Waals surface area contributed by atoms with Gasteiger partial charge in [0.2, 0.25) is 0 Å². The van der Waals surface area contributed by atoms with Crippen molar-refractivity contribution in [3.05, 3.63) is 53.6 Å². The van der Waals surface area contributed by atoms with Gasteiger partial charge in [-0.3, -0.25) is 0 Å². The van der Waals surface area contributed by atoms with Crippen LogP contribution in [0, 0.1) is 11.6 Å². The zero-order valence-electron chi connectivity index (χ0n) is 10.3. The number of ether oxygens (including phenoxy) is 2. The van der Waals surface area contributed by atoms with Crippen LogP contribution in [0.25, 0.3) is 0 Å². The van der Waals surface area contributed by atoms with Gasteiger partial charge in [0.05, 0.1) is 12.8 Å². The molecule has 3 nitrogen and oxygen atoms in total. The van der Waals surface area contributed by atoms with Crippen molar-refractivity contribution in [2.45, 2.75) is 6.61 Å². The van der Waals surface area contributed by atoms with Crippen LogP contribution < -0.4 is 15.2 Å². The first kappa shape index (κ1) is 13.1. The summed E-state index contributed by atoms with van der Waals surface area (Å²) >= 11 is 0. The van der Waals surface area contributed by atoms with Crippen LogP contribution >= 0.6 is 0 Å². The predicted octanol–water partition coefficient (Wildman–Crippen LogP) is 3.13. The standard InChI is InChI=1S/C14H13F2NO2/c1-18-14-5-2-10(15)6-9(14)8-19-11-3-4-12(16)13(17)7-11/h2-7H,8,17H2,1H3. The lowest BCUT2D eigenvalue weighted by Crippen LogP contribution is -2.00. The van der Waals surface area contributed by atoms with Gasteiger partial charge in [0.1, 0.15) is 29.7 Å². The number of anilines is 1. The van der Waals surface area contributed by atoms with E-state index in [-0.39, 0.29) is 18.1 Å². The zero-order chi connectivity index (χ0) is 13.8. The number of hydrogen-bond acceptors (Lipinski definition) is 3. The fourth-order valence-corrected chi connectivity index (χ4v) is 1.63. The van der Waals surface area contributed by atoms with E-state index in [1.807, 2.05) is 0 Å². The topological polar surface area (TPSA) is 44.5 Å². The number of hydrogen-bond donors (Lipinski definition) is 1. The molecule has 0 spiro atoms. The molecule has 0 radical (unpaired) electrons. The number of halogens is 2. The first-order valence-corrected chi connectivity index (χ1v) is 5.60. The molecule has 0 bridgehead atoms. The molecule has 2 aromatic rings. The van der Waals surface area contributed by atoms with Crippen LogP contribution in [0.5, 0.6) is 11.5 Å². The highest BCUT2D eigenvalue weighted by Crippen LogP contribution is 2.23. The third-order valence-electron chi connectivity index (χ3n) is 2.60. The van der Waals surface area contributed by atoms with E-state index in [9.17, 15) is 8.78 Å². The smallest absolute Gasteiger partial charge is 0.146 e. The van der Waals surface area contributed by atoms with Gasteiger partial charge in [-0.05, 0) is 30.3 Å². The van der Waals surface area contributed by atoms with Gasteiger partial charge in [-0.1, -0.05) is 0 Å². The van der Waals surface area contributed by atoms with Crippen molar-refractivity contribution in [1.82, 2.24) is 0 Å². The van der Waals surface area contributed by atoms with Gasteiger partial charge in [0.15, 0.2) is 0 Å². The fourth-order valence-electron chi connectivity index (χ4n) is 1.63. The van der Waals surface area contributed by atoms with Crippen molar-refractivity contribution in [2.75, 3.05) is 12.8 Å². The number of methoxy groups -OCH3 is 1. The monoisotopic (exact) mass is 265 g/mol. The zero-order valence-corrected chi connectivity index (χ0v) is 10.3. The van der Waals surface area contributed by atoms with Gasteiger partial charge in [0, 0.05) is 11.6 Å². The Morgan fingerprint density at radius 3 is 2.58 bits per heavy atom. The molecule has 2 N–H and O–H groups in total. The summed E-state index contributed by atoms with van der Waals surface area (Å²) in [5.74, 6) is 0.0513. The van der Waals surface area contributed by atoms with E-state index in [1.165, 1.54) is 43.5 Å². The summed E-state index contributed by atoms with van der Waals surface area (Å²) in [6.07, 6.45) is 0. The number of benzene rings is 2. The number of nitrogen functional groups attached to an aromatic ring is 1. The molecule has 0 unspecified atom stereocenters. The molecule has 100 valence electrons. The van der Waals surface area contributed by atoms with E-state index in [2.05, 4.69) is 0 Å². The molecule has 0 fully saturated rings. The lowest BCUT2D eigenvalue weighted by Gasteiger charge is -2.11. The van der Waals surface area contributed by atoms with E-state index in [0.717, 1.165) is 0 Å². The molecule has 0 aliphatic carbocycles. The van der Waals surface area contributed by atoms with Crippen molar-refractivity contribution in [2.24, 2.45) is 0 Å². The Kier molecular flexibility index (Phi) is 3.85. The van der Waals surface area contributed by atoms with Gasteiger partial charge in [-0.2, -0.15) is 0 Å². The Bertz CT molecular complexity index is 588. The lowest BCUT2D eigenvalue weighted by atomic mass is 10.2. The minimum Gasteiger partial charge on any atom is -0.496 e. The van der Waals surface area contributed by atoms with Crippen molar-refractivity contribution >= 4 is 5.69 Å². The van der Waals surface area contributed by atoms with Gasteiger partial charge < -0.3 is 15.2 Å². The summed E-state index contributed by atoms with van der Waals surface area (Å²) in [7, 11) is 1.49. The molecule has 19 heavy (non-hydrogen) atoms. The molecule has 0 amide bonds. The summed E-state index contributed by atoms with van der Waals surface area (Å²) in [4.78, 5) is 0. The maximum atomic E-state index is 13.1. The van der Waals surface area contributed by atoms with Gasteiger partial charge in [0.25, 0.3) is 0 Å². The molecule has 5 heteroatoms. The SMILES string of the molecule is COc1ccc(F)cc1COc1ccc(F)c(N)c1. The summed E-state index contributed by atoms with van der Waals surface area (Å²) in [6, 6.07) is 8.20. The van der Waals surface area contributed by atoms with Gasteiger partial charge >= 0.3 is 0 Å². The number of rotatable bonds is 4. The highest BCUT2D eigenvalue weighted by atomic mass is 19.1. The van der Waals surface area contributed by atoms with Crippen LogP contribution in [0.4, 0.5) is 14.5 Å². The summed E-state index contributed by atoms with van der Waals surface area (Å²) in [5.41, 5.74) is 5.99. The average Bonchev–Trinajstić information content (AvgIpc) is 2.40. The van der Waals surface area contributed by atoms with E-state index in [0.29, 0.717) is 17.1 Å². The Balaban J connectivity index is 2.13. The third-order valence-corrected chi connectivity index (χ3v) is 2.60. The lowest BCUT2D eigenvalue weighted by molar-refractivity contribution is 0.295. The average molecular weight is 265 g/mol. The molecule has 0 aliphatic rings. The first-order valence-electron chi connectivity index (χ1n) is 5.60. The molecule has 0 atom stereocenters. The first-order chi connectivity index (χ1) is 9.10. The minimum absolute atomic E-state index is 0.00343. The summed E-state index contributed by atoms with van der Waals surface area (Å²) in [5, 5.41) is 0. The van der Waals surface area contributed by atoms with Crippen LogP contribution in [-0.2, 0) is 6.61 Å². The molecule has 0 heterocycles. The highest BCUT2D eigenvalue weighted by molar-refractivity contribution is 5.45. The molecular weight excluding hydrogens is 252 g/mol. The van der Waals surface area contributed by atoms with Crippen LogP contribution in [0.15, 0.2) is 36.4 Å². The Labute approximate surface area is 109 Å². The van der Waals surface area contributed by atoms with Gasteiger partial charge in [-0.25, -0.2) is 8.78 Å². The summed E-state index contributed by atoms with van der Waals surface area (Å²) < 4.78 is 36.7. The molecular formula is C14H13F2NO2. The van der Waals surface area contributed by atoms with E-state index in [1.54, 1.807) is 0 Å². The Morgan fingerprint density at radius 2 is 1.89 bits per heavy atom. The van der Waals surface area contributed by atoms with E-state index >= 15 is 0 Å². The van der Waals surface area contributed by atoms with Crippen LogP contribution in [-0.4, -0.2) is 7.11 Å². The van der Waals surface area contributed by atoms with Crippen LogP contribution in [0.2, 0.25) is 0 Å². The number of nitrogens with two attached hydrogens (primary N) is 1. The van der Waals surface area contributed by atoms with E-state index in [4.69, 9.17) is 15.2 Å².